The van der Waals surface area contributed by atoms with Crippen LogP contribution in [0, 0.1) is 0 Å². The highest BCUT2D eigenvalue weighted by Gasteiger charge is 2.19. The molecule has 2 heterocycles. The van der Waals surface area contributed by atoms with Crippen LogP contribution < -0.4 is 0 Å². The SMILES string of the molecule is OCCN1CCN(CCC2OCCCO2)CC1. The first kappa shape index (κ1) is 13.2. The second-order valence-corrected chi connectivity index (χ2v) is 4.72. The van der Waals surface area contributed by atoms with E-state index < -0.39 is 0 Å². The molecule has 0 unspecified atom stereocenters. The van der Waals surface area contributed by atoms with Crippen molar-refractivity contribution < 1.29 is 14.6 Å². The Hall–Kier alpha value is -0.200. The molecule has 0 radical (unpaired) electrons. The number of hydrogen-bond acceptors (Lipinski definition) is 5. The summed E-state index contributed by atoms with van der Waals surface area (Å²) in [5, 5.41) is 8.87. The smallest absolute Gasteiger partial charge is 0.158 e. The van der Waals surface area contributed by atoms with Gasteiger partial charge in [-0.25, -0.2) is 0 Å². The van der Waals surface area contributed by atoms with Crippen LogP contribution in [0.4, 0.5) is 0 Å². The molecule has 2 saturated heterocycles. The number of ether oxygens (including phenoxy) is 2. The highest BCUT2D eigenvalue weighted by Crippen LogP contribution is 2.10. The van der Waals surface area contributed by atoms with Gasteiger partial charge in [-0.05, 0) is 6.42 Å². The third-order valence-corrected chi connectivity index (χ3v) is 3.46. The highest BCUT2D eigenvalue weighted by molar-refractivity contribution is 4.72. The van der Waals surface area contributed by atoms with Crippen molar-refractivity contribution in [2.24, 2.45) is 0 Å². The molecule has 5 heteroatoms. The van der Waals surface area contributed by atoms with E-state index in [9.17, 15) is 0 Å². The first-order valence-corrected chi connectivity index (χ1v) is 6.67. The zero-order chi connectivity index (χ0) is 11.9. The molecule has 2 fully saturated rings. The molecule has 2 aliphatic rings. The Bertz CT molecular complexity index is 202. The lowest BCUT2D eigenvalue weighted by molar-refractivity contribution is -0.183. The second-order valence-electron chi connectivity index (χ2n) is 4.72. The number of nitrogens with zero attached hydrogens (tertiary/aromatic N) is 2. The van der Waals surface area contributed by atoms with Gasteiger partial charge >= 0.3 is 0 Å². The fraction of sp³-hybridized carbons (Fsp3) is 1.00. The zero-order valence-corrected chi connectivity index (χ0v) is 10.5. The fourth-order valence-corrected chi connectivity index (χ4v) is 2.37. The van der Waals surface area contributed by atoms with E-state index in [-0.39, 0.29) is 12.9 Å². The molecular weight excluding hydrogens is 220 g/mol. The topological polar surface area (TPSA) is 45.2 Å². The summed E-state index contributed by atoms with van der Waals surface area (Å²) in [7, 11) is 0. The Morgan fingerprint density at radius 1 is 0.941 bits per heavy atom. The van der Waals surface area contributed by atoms with Gasteiger partial charge in [0, 0.05) is 45.7 Å². The van der Waals surface area contributed by atoms with Gasteiger partial charge in [0.15, 0.2) is 6.29 Å². The van der Waals surface area contributed by atoms with Crippen LogP contribution in [0.5, 0.6) is 0 Å². The maximum atomic E-state index is 8.87. The molecule has 100 valence electrons. The molecular formula is C12H24N2O3. The van der Waals surface area contributed by atoms with Crippen molar-refractivity contribution in [3.8, 4) is 0 Å². The summed E-state index contributed by atoms with van der Waals surface area (Å²) in [4.78, 5) is 4.76. The Kier molecular flexibility index (Phi) is 5.67. The normalized spacial score (nSPS) is 25.2. The number of aliphatic hydroxyl groups excluding tert-OH is 1. The van der Waals surface area contributed by atoms with E-state index in [4.69, 9.17) is 14.6 Å². The lowest BCUT2D eigenvalue weighted by atomic mass is 10.2. The average Bonchev–Trinajstić information content (AvgIpc) is 2.40. The van der Waals surface area contributed by atoms with Crippen LogP contribution in [0.2, 0.25) is 0 Å². The van der Waals surface area contributed by atoms with Gasteiger partial charge in [0.2, 0.25) is 0 Å². The van der Waals surface area contributed by atoms with Crippen molar-refractivity contribution in [1.82, 2.24) is 9.80 Å². The van der Waals surface area contributed by atoms with Crippen molar-refractivity contribution in [3.63, 3.8) is 0 Å². The van der Waals surface area contributed by atoms with E-state index in [2.05, 4.69) is 9.80 Å². The molecule has 0 aliphatic carbocycles. The van der Waals surface area contributed by atoms with E-state index in [1.165, 1.54) is 0 Å². The average molecular weight is 244 g/mol. The van der Waals surface area contributed by atoms with Crippen molar-refractivity contribution in [1.29, 1.82) is 0 Å². The molecule has 1 N–H and O–H groups in total. The second kappa shape index (κ2) is 7.28. The summed E-state index contributed by atoms with van der Waals surface area (Å²) in [5.41, 5.74) is 0. The molecule has 2 aliphatic heterocycles. The van der Waals surface area contributed by atoms with Crippen LogP contribution in [0.25, 0.3) is 0 Å². The van der Waals surface area contributed by atoms with E-state index in [0.29, 0.717) is 0 Å². The van der Waals surface area contributed by atoms with Gasteiger partial charge in [-0.2, -0.15) is 0 Å². The predicted octanol–water partition coefficient (Wildman–Crippen LogP) is -0.251. The monoisotopic (exact) mass is 244 g/mol. The standard InChI is InChI=1S/C12H24N2O3/c15-9-8-14-6-4-13(5-7-14)3-2-12-16-10-1-11-17-12/h12,15H,1-11H2. The summed E-state index contributed by atoms with van der Waals surface area (Å²) in [5.74, 6) is 0. The van der Waals surface area contributed by atoms with E-state index >= 15 is 0 Å². The van der Waals surface area contributed by atoms with E-state index in [0.717, 1.165) is 65.3 Å². The Balaban J connectivity index is 1.57. The van der Waals surface area contributed by atoms with Gasteiger partial charge < -0.3 is 19.5 Å². The van der Waals surface area contributed by atoms with Gasteiger partial charge in [-0.15, -0.1) is 0 Å². The summed E-state index contributed by atoms with van der Waals surface area (Å²) >= 11 is 0. The van der Waals surface area contributed by atoms with Crippen LogP contribution >= 0.6 is 0 Å². The van der Waals surface area contributed by atoms with Crippen LogP contribution in [0.15, 0.2) is 0 Å². The summed E-state index contributed by atoms with van der Waals surface area (Å²) in [6.07, 6.45) is 2.01. The fourth-order valence-electron chi connectivity index (χ4n) is 2.37. The van der Waals surface area contributed by atoms with Crippen molar-refractivity contribution in [2.75, 3.05) is 59.1 Å². The van der Waals surface area contributed by atoms with Gasteiger partial charge in [0.05, 0.1) is 19.8 Å². The largest absolute Gasteiger partial charge is 0.395 e. The van der Waals surface area contributed by atoms with Crippen LogP contribution in [0.1, 0.15) is 12.8 Å². The number of rotatable bonds is 5. The first-order valence-electron chi connectivity index (χ1n) is 6.67. The number of aliphatic hydroxyl groups is 1. The summed E-state index contributed by atoms with van der Waals surface area (Å²) in [6.45, 7) is 8.12. The third-order valence-electron chi connectivity index (χ3n) is 3.46. The van der Waals surface area contributed by atoms with Crippen LogP contribution in [0.3, 0.4) is 0 Å². The Morgan fingerprint density at radius 3 is 2.12 bits per heavy atom. The highest BCUT2D eigenvalue weighted by atomic mass is 16.7. The Morgan fingerprint density at radius 2 is 1.53 bits per heavy atom. The van der Waals surface area contributed by atoms with E-state index in [1.54, 1.807) is 0 Å². The summed E-state index contributed by atoms with van der Waals surface area (Å²) < 4.78 is 11.1. The molecule has 0 aromatic rings. The lowest BCUT2D eigenvalue weighted by Gasteiger charge is -2.35. The molecule has 0 saturated carbocycles. The molecule has 2 rings (SSSR count). The number of hydrogen-bond donors (Lipinski definition) is 1. The molecule has 0 amide bonds. The third kappa shape index (κ3) is 4.52. The zero-order valence-electron chi connectivity index (χ0n) is 10.5. The van der Waals surface area contributed by atoms with Crippen LogP contribution in [-0.4, -0.2) is 80.3 Å². The van der Waals surface area contributed by atoms with Gasteiger partial charge in [-0.3, -0.25) is 4.90 Å². The number of piperazine rings is 1. The van der Waals surface area contributed by atoms with Gasteiger partial charge in [0.1, 0.15) is 0 Å². The maximum Gasteiger partial charge on any atom is 0.158 e. The minimum atomic E-state index is 0.0132. The van der Waals surface area contributed by atoms with Gasteiger partial charge in [-0.1, -0.05) is 0 Å². The maximum absolute atomic E-state index is 8.87. The minimum Gasteiger partial charge on any atom is -0.395 e. The van der Waals surface area contributed by atoms with Crippen molar-refractivity contribution >= 4 is 0 Å². The predicted molar refractivity (Wildman–Crippen MR) is 64.9 cm³/mol. The lowest BCUT2D eigenvalue weighted by Crippen LogP contribution is -2.47. The molecule has 17 heavy (non-hydrogen) atoms. The molecule has 0 bridgehead atoms. The van der Waals surface area contributed by atoms with Crippen molar-refractivity contribution in [3.05, 3.63) is 0 Å². The molecule has 5 nitrogen and oxygen atoms in total. The number of β-amino-alcohol motifs (C(OH)–C–C–N with tert-alkyl or cyclic N) is 1. The first-order chi connectivity index (χ1) is 8.38. The van der Waals surface area contributed by atoms with Gasteiger partial charge in [0.25, 0.3) is 0 Å². The van der Waals surface area contributed by atoms with Crippen LogP contribution in [-0.2, 0) is 9.47 Å². The molecule has 0 atom stereocenters. The summed E-state index contributed by atoms with van der Waals surface area (Å²) in [6, 6.07) is 0. The molecule has 0 spiro atoms. The quantitative estimate of drug-likeness (QED) is 0.722. The molecule has 0 aromatic heterocycles. The minimum absolute atomic E-state index is 0.0132. The van der Waals surface area contributed by atoms with E-state index in [1.807, 2.05) is 0 Å². The van der Waals surface area contributed by atoms with Crippen molar-refractivity contribution in [2.45, 2.75) is 19.1 Å². The Labute approximate surface area is 103 Å². The molecule has 0 aromatic carbocycles.